The quantitative estimate of drug-likeness (QED) is 0.786. The Kier molecular flexibility index (Phi) is 4.33. The first-order chi connectivity index (χ1) is 9.36. The van der Waals surface area contributed by atoms with Crippen molar-refractivity contribution in [2.24, 2.45) is 0 Å². The Morgan fingerprint density at radius 3 is 2.80 bits per heavy atom. The van der Waals surface area contributed by atoms with Crippen molar-refractivity contribution in [3.05, 3.63) is 23.8 Å². The second-order valence-electron chi connectivity index (χ2n) is 5.08. The summed E-state index contributed by atoms with van der Waals surface area (Å²) in [5.74, 6) is 0. The van der Waals surface area contributed by atoms with Gasteiger partial charge in [0.05, 0.1) is 24.2 Å². The van der Waals surface area contributed by atoms with Gasteiger partial charge in [-0.1, -0.05) is 0 Å². The van der Waals surface area contributed by atoms with Crippen LogP contribution >= 0.6 is 0 Å². The largest absolute Gasteiger partial charge is 0.399 e. The molecule has 1 aromatic carbocycles. The average molecular weight is 300 g/mol. The minimum Gasteiger partial charge on any atom is -0.399 e. The maximum Gasteiger partial charge on any atom is 0.243 e. The number of ether oxygens (including phenoxy) is 1. The van der Waals surface area contributed by atoms with E-state index in [4.69, 9.17) is 15.6 Å². The molecule has 1 saturated heterocycles. The number of anilines is 1. The van der Waals surface area contributed by atoms with Crippen molar-refractivity contribution in [1.29, 1.82) is 0 Å². The highest BCUT2D eigenvalue weighted by molar-refractivity contribution is 7.89. The number of morpholine rings is 1. The third-order valence-corrected chi connectivity index (χ3v) is 5.48. The normalized spacial score (nSPS) is 24.8. The number of rotatable bonds is 3. The summed E-state index contributed by atoms with van der Waals surface area (Å²) in [5.41, 5.74) is 7.01. The van der Waals surface area contributed by atoms with Gasteiger partial charge in [0.25, 0.3) is 0 Å². The summed E-state index contributed by atoms with van der Waals surface area (Å²) < 4.78 is 32.1. The monoisotopic (exact) mass is 300 g/mol. The second-order valence-corrected chi connectivity index (χ2v) is 6.97. The predicted molar refractivity (Wildman–Crippen MR) is 75.8 cm³/mol. The van der Waals surface area contributed by atoms with Crippen molar-refractivity contribution < 1.29 is 18.3 Å². The summed E-state index contributed by atoms with van der Waals surface area (Å²) in [7, 11) is -3.61. The number of aliphatic hydroxyl groups is 1. The minimum absolute atomic E-state index is 0.156. The van der Waals surface area contributed by atoms with Crippen LogP contribution < -0.4 is 5.73 Å². The van der Waals surface area contributed by atoms with Gasteiger partial charge in [-0.15, -0.1) is 0 Å². The van der Waals surface area contributed by atoms with Gasteiger partial charge < -0.3 is 15.6 Å². The molecule has 2 atom stereocenters. The predicted octanol–water partition coefficient (Wildman–Crippen LogP) is 0.348. The number of benzene rings is 1. The summed E-state index contributed by atoms with van der Waals surface area (Å²) in [4.78, 5) is 0.217. The molecule has 0 saturated carbocycles. The van der Waals surface area contributed by atoms with Crippen LogP contribution in [0.5, 0.6) is 0 Å². The zero-order valence-corrected chi connectivity index (χ0v) is 12.4. The van der Waals surface area contributed by atoms with Crippen molar-refractivity contribution >= 4 is 15.7 Å². The molecule has 1 aromatic rings. The highest BCUT2D eigenvalue weighted by Gasteiger charge is 2.35. The first kappa shape index (κ1) is 15.2. The molecule has 0 radical (unpaired) electrons. The lowest BCUT2D eigenvalue weighted by molar-refractivity contribution is -0.0516. The van der Waals surface area contributed by atoms with Crippen LogP contribution in [0.3, 0.4) is 0 Å². The Bertz CT molecular complexity index is 588. The number of aliphatic hydroxyl groups excluding tert-OH is 1. The van der Waals surface area contributed by atoms with Crippen molar-refractivity contribution in [3.63, 3.8) is 0 Å². The molecule has 1 heterocycles. The van der Waals surface area contributed by atoms with E-state index in [-0.39, 0.29) is 30.7 Å². The molecule has 1 aliphatic heterocycles. The summed E-state index contributed by atoms with van der Waals surface area (Å²) in [6.45, 7) is 3.80. The van der Waals surface area contributed by atoms with E-state index in [2.05, 4.69) is 0 Å². The number of nitrogens with zero attached hydrogens (tertiary/aromatic N) is 1. The van der Waals surface area contributed by atoms with Crippen LogP contribution in [-0.2, 0) is 14.8 Å². The van der Waals surface area contributed by atoms with Gasteiger partial charge in [-0.25, -0.2) is 8.42 Å². The first-order valence-corrected chi connectivity index (χ1v) is 7.90. The lowest BCUT2D eigenvalue weighted by Gasteiger charge is -2.36. The standard InChI is InChI=1S/C13H20N2O4S/c1-9-5-12(3-4-13(9)14)20(17,18)15-6-11(7-16)19-8-10(15)2/h3-5,10-11,16H,6-8,14H2,1-2H3. The summed E-state index contributed by atoms with van der Waals surface area (Å²) in [5, 5.41) is 9.15. The molecule has 3 N–H and O–H groups in total. The molecule has 1 aliphatic rings. The van der Waals surface area contributed by atoms with Gasteiger partial charge in [-0.3, -0.25) is 0 Å². The number of nitrogens with two attached hydrogens (primary N) is 1. The van der Waals surface area contributed by atoms with Crippen molar-refractivity contribution in [2.75, 3.05) is 25.5 Å². The lowest BCUT2D eigenvalue weighted by Crippen LogP contribution is -2.51. The molecule has 112 valence electrons. The van der Waals surface area contributed by atoms with Crippen LogP contribution in [0.25, 0.3) is 0 Å². The summed E-state index contributed by atoms with van der Waals surface area (Å²) in [6.07, 6.45) is -0.476. The molecule has 0 spiro atoms. The van der Waals surface area contributed by atoms with Gasteiger partial charge in [0.2, 0.25) is 10.0 Å². The molecule has 2 unspecified atom stereocenters. The fourth-order valence-electron chi connectivity index (χ4n) is 2.18. The molecule has 1 fully saturated rings. The number of aryl methyl sites for hydroxylation is 1. The molecule has 7 heteroatoms. The highest BCUT2D eigenvalue weighted by Crippen LogP contribution is 2.24. The molecular weight excluding hydrogens is 280 g/mol. The van der Waals surface area contributed by atoms with E-state index in [0.717, 1.165) is 5.56 Å². The Morgan fingerprint density at radius 1 is 1.50 bits per heavy atom. The topological polar surface area (TPSA) is 92.9 Å². The van der Waals surface area contributed by atoms with Gasteiger partial charge in [0.1, 0.15) is 0 Å². The maximum absolute atomic E-state index is 12.7. The van der Waals surface area contributed by atoms with Crippen LogP contribution in [0.15, 0.2) is 23.1 Å². The van der Waals surface area contributed by atoms with E-state index in [1.54, 1.807) is 26.0 Å². The lowest BCUT2D eigenvalue weighted by atomic mass is 10.2. The van der Waals surface area contributed by atoms with Gasteiger partial charge in [-0.05, 0) is 37.6 Å². The third-order valence-electron chi connectivity index (χ3n) is 3.50. The van der Waals surface area contributed by atoms with Crippen LogP contribution in [0.1, 0.15) is 12.5 Å². The molecule has 2 rings (SSSR count). The van der Waals surface area contributed by atoms with Crippen LogP contribution in [0.2, 0.25) is 0 Å². The molecule has 6 nitrogen and oxygen atoms in total. The Labute approximate surface area is 119 Å². The smallest absolute Gasteiger partial charge is 0.243 e. The highest BCUT2D eigenvalue weighted by atomic mass is 32.2. The second kappa shape index (κ2) is 5.69. The van der Waals surface area contributed by atoms with E-state index < -0.39 is 16.1 Å². The van der Waals surface area contributed by atoms with E-state index in [0.29, 0.717) is 5.69 Å². The van der Waals surface area contributed by atoms with Gasteiger partial charge >= 0.3 is 0 Å². The Morgan fingerprint density at radius 2 is 2.20 bits per heavy atom. The Balaban J connectivity index is 2.35. The van der Waals surface area contributed by atoms with Crippen molar-refractivity contribution in [2.45, 2.75) is 30.9 Å². The number of nitrogen functional groups attached to an aromatic ring is 1. The number of hydrogen-bond donors (Lipinski definition) is 2. The molecule has 20 heavy (non-hydrogen) atoms. The first-order valence-electron chi connectivity index (χ1n) is 6.46. The molecular formula is C13H20N2O4S. The van der Waals surface area contributed by atoms with Crippen LogP contribution in [-0.4, -0.2) is 49.7 Å². The molecule has 0 aromatic heterocycles. The van der Waals surface area contributed by atoms with Gasteiger partial charge in [0, 0.05) is 18.3 Å². The number of sulfonamides is 1. The molecule has 0 amide bonds. The summed E-state index contributed by atoms with van der Waals surface area (Å²) >= 11 is 0. The SMILES string of the molecule is Cc1cc(S(=O)(=O)N2CC(CO)OCC2C)ccc1N. The van der Waals surface area contributed by atoms with E-state index in [9.17, 15) is 8.42 Å². The van der Waals surface area contributed by atoms with Crippen molar-refractivity contribution in [3.8, 4) is 0 Å². The third kappa shape index (κ3) is 2.80. The molecule has 0 bridgehead atoms. The summed E-state index contributed by atoms with van der Waals surface area (Å²) in [6, 6.07) is 4.41. The zero-order valence-electron chi connectivity index (χ0n) is 11.6. The van der Waals surface area contributed by atoms with E-state index >= 15 is 0 Å². The Hall–Kier alpha value is -1.15. The van der Waals surface area contributed by atoms with Gasteiger partial charge in [0.15, 0.2) is 0 Å². The fraction of sp³-hybridized carbons (Fsp3) is 0.538. The maximum atomic E-state index is 12.7. The van der Waals surface area contributed by atoms with Gasteiger partial charge in [-0.2, -0.15) is 4.31 Å². The van der Waals surface area contributed by atoms with Crippen molar-refractivity contribution in [1.82, 2.24) is 4.31 Å². The average Bonchev–Trinajstić information content (AvgIpc) is 2.42. The fourth-order valence-corrected chi connectivity index (χ4v) is 3.91. The van der Waals surface area contributed by atoms with E-state index in [1.807, 2.05) is 0 Å². The molecule has 0 aliphatic carbocycles. The zero-order chi connectivity index (χ0) is 14.9. The van der Waals surface area contributed by atoms with E-state index in [1.165, 1.54) is 10.4 Å². The minimum atomic E-state index is -3.61. The number of hydrogen-bond acceptors (Lipinski definition) is 5. The van der Waals surface area contributed by atoms with Crippen LogP contribution in [0.4, 0.5) is 5.69 Å². The van der Waals surface area contributed by atoms with Crippen LogP contribution in [0, 0.1) is 6.92 Å².